The van der Waals surface area contributed by atoms with Gasteiger partial charge in [0.1, 0.15) is 0 Å². The summed E-state index contributed by atoms with van der Waals surface area (Å²) in [7, 11) is 0. The monoisotopic (exact) mass is 331 g/mol. The minimum atomic E-state index is -2.14. The lowest BCUT2D eigenvalue weighted by molar-refractivity contribution is 0.536. The number of hydrogen-bond acceptors (Lipinski definition) is 4. The maximum atomic E-state index is 11.2. The highest BCUT2D eigenvalue weighted by Gasteiger charge is 2.13. The Bertz CT molecular complexity index is 697. The van der Waals surface area contributed by atoms with Gasteiger partial charge in [0.05, 0.1) is 0 Å². The van der Waals surface area contributed by atoms with Crippen molar-refractivity contribution in [2.75, 3.05) is 0 Å². The molecule has 1 atom stereocenters. The fourth-order valence-electron chi connectivity index (χ4n) is 2.66. The molecule has 0 bridgehead atoms. The molecule has 5 heteroatoms. The molecule has 1 heterocycles. The van der Waals surface area contributed by atoms with Crippen LogP contribution in [-0.2, 0) is 29.8 Å². The smallest absolute Gasteiger partial charge is 0.0423 e. The lowest BCUT2D eigenvalue weighted by Gasteiger charge is -2.17. The number of nitrogens with zero attached hydrogens (tertiary/aromatic N) is 1. The first-order valence-electron chi connectivity index (χ1n) is 7.75. The molecule has 124 valence electrons. The van der Waals surface area contributed by atoms with Crippen LogP contribution in [0.25, 0.3) is 11.1 Å². The van der Waals surface area contributed by atoms with Gasteiger partial charge in [0.25, 0.3) is 0 Å². The van der Waals surface area contributed by atoms with E-state index in [9.17, 15) is 8.76 Å². The Morgan fingerprint density at radius 3 is 2.43 bits per heavy atom. The van der Waals surface area contributed by atoms with Gasteiger partial charge in [0.15, 0.2) is 0 Å². The zero-order valence-electron chi connectivity index (χ0n) is 13.8. The molecule has 0 amide bonds. The van der Waals surface area contributed by atoms with E-state index in [0.717, 1.165) is 40.1 Å². The largest absolute Gasteiger partial charge is 0.772 e. The molecule has 1 aromatic carbocycles. The Hall–Kier alpha value is -1.56. The van der Waals surface area contributed by atoms with Gasteiger partial charge in [-0.3, -0.25) is 9.19 Å². The molecule has 0 saturated carbocycles. The van der Waals surface area contributed by atoms with Crippen LogP contribution in [0.3, 0.4) is 0 Å². The lowest BCUT2D eigenvalue weighted by Crippen LogP contribution is -2.06. The minimum Gasteiger partial charge on any atom is -0.772 e. The highest BCUT2D eigenvalue weighted by Crippen LogP contribution is 2.28. The first-order valence-corrected chi connectivity index (χ1v) is 8.99. The van der Waals surface area contributed by atoms with Gasteiger partial charge in [0, 0.05) is 23.7 Å². The van der Waals surface area contributed by atoms with E-state index in [4.69, 9.17) is 5.73 Å². The van der Waals surface area contributed by atoms with E-state index in [1.807, 2.05) is 37.3 Å². The Balaban J connectivity index is 2.55. The standard InChI is InChI=1S/C18H24N2O2S/c1-12(2)8-16-9-17(15-6-4-14(10-19)5-7-15)18(11-23(21)22)13(3)20-16/h4-7,9,12H,8,10-11,19H2,1-3H3,(H,21,22)/p-1. The number of aryl methyl sites for hydroxylation is 1. The molecule has 0 fully saturated rings. The maximum absolute atomic E-state index is 11.2. The quantitative estimate of drug-likeness (QED) is 0.825. The van der Waals surface area contributed by atoms with E-state index in [2.05, 4.69) is 18.8 Å². The molecular weight excluding hydrogens is 308 g/mol. The molecule has 2 rings (SSSR count). The summed E-state index contributed by atoms with van der Waals surface area (Å²) in [5.41, 5.74) is 11.2. The minimum absolute atomic E-state index is 0.0191. The van der Waals surface area contributed by atoms with Crippen LogP contribution in [0, 0.1) is 12.8 Å². The summed E-state index contributed by atoms with van der Waals surface area (Å²) in [6.45, 7) is 6.66. The van der Waals surface area contributed by atoms with Crippen molar-refractivity contribution in [2.24, 2.45) is 11.7 Å². The van der Waals surface area contributed by atoms with Gasteiger partial charge < -0.3 is 10.3 Å². The summed E-state index contributed by atoms with van der Waals surface area (Å²) < 4.78 is 22.4. The second-order valence-electron chi connectivity index (χ2n) is 6.17. The fraction of sp³-hybridized carbons (Fsp3) is 0.389. The summed E-state index contributed by atoms with van der Waals surface area (Å²) >= 11 is -2.14. The first-order chi connectivity index (χ1) is 10.9. The summed E-state index contributed by atoms with van der Waals surface area (Å²) in [5, 5.41) is 0. The molecule has 1 aromatic heterocycles. The Kier molecular flexibility index (Phi) is 6.04. The predicted molar refractivity (Wildman–Crippen MR) is 93.5 cm³/mol. The zero-order valence-corrected chi connectivity index (χ0v) is 14.7. The summed E-state index contributed by atoms with van der Waals surface area (Å²) in [4.78, 5) is 4.59. The summed E-state index contributed by atoms with van der Waals surface area (Å²) in [6.07, 6.45) is 0.871. The van der Waals surface area contributed by atoms with Crippen molar-refractivity contribution in [1.29, 1.82) is 0 Å². The van der Waals surface area contributed by atoms with E-state index < -0.39 is 11.1 Å². The average Bonchev–Trinajstić information content (AvgIpc) is 2.49. The van der Waals surface area contributed by atoms with Crippen molar-refractivity contribution < 1.29 is 8.76 Å². The number of benzene rings is 1. The van der Waals surface area contributed by atoms with Gasteiger partial charge in [-0.15, -0.1) is 0 Å². The molecule has 2 aromatic rings. The fourth-order valence-corrected chi connectivity index (χ4v) is 3.26. The third-order valence-corrected chi connectivity index (χ3v) is 4.29. The van der Waals surface area contributed by atoms with Crippen LogP contribution in [0.15, 0.2) is 30.3 Å². The van der Waals surface area contributed by atoms with Gasteiger partial charge in [0.2, 0.25) is 0 Å². The first kappa shape index (κ1) is 17.8. The van der Waals surface area contributed by atoms with Crippen LogP contribution in [0.2, 0.25) is 0 Å². The van der Waals surface area contributed by atoms with Gasteiger partial charge >= 0.3 is 0 Å². The van der Waals surface area contributed by atoms with E-state index >= 15 is 0 Å². The molecule has 23 heavy (non-hydrogen) atoms. The van der Waals surface area contributed by atoms with E-state index in [1.54, 1.807) is 0 Å². The second-order valence-corrected chi connectivity index (χ2v) is 7.07. The van der Waals surface area contributed by atoms with Crippen molar-refractivity contribution in [1.82, 2.24) is 4.98 Å². The Labute approximate surface area is 140 Å². The van der Waals surface area contributed by atoms with Gasteiger partial charge in [-0.2, -0.15) is 0 Å². The third kappa shape index (κ3) is 4.70. The predicted octanol–water partition coefficient (Wildman–Crippen LogP) is 3.09. The molecule has 1 unspecified atom stereocenters. The van der Waals surface area contributed by atoms with Crippen LogP contribution in [0.4, 0.5) is 0 Å². The number of pyridine rings is 1. The van der Waals surface area contributed by atoms with Crippen LogP contribution >= 0.6 is 0 Å². The van der Waals surface area contributed by atoms with Gasteiger partial charge in [-0.25, -0.2) is 0 Å². The highest BCUT2D eigenvalue weighted by molar-refractivity contribution is 7.78. The Morgan fingerprint density at radius 2 is 1.91 bits per heavy atom. The third-order valence-electron chi connectivity index (χ3n) is 3.76. The molecule has 0 aliphatic heterocycles. The van der Waals surface area contributed by atoms with Crippen molar-refractivity contribution in [2.45, 2.75) is 39.5 Å². The topological polar surface area (TPSA) is 79.0 Å². The maximum Gasteiger partial charge on any atom is 0.0423 e. The van der Waals surface area contributed by atoms with E-state index in [0.29, 0.717) is 12.5 Å². The number of aromatic nitrogens is 1. The van der Waals surface area contributed by atoms with Gasteiger partial charge in [-0.1, -0.05) is 49.2 Å². The molecule has 0 radical (unpaired) electrons. The van der Waals surface area contributed by atoms with E-state index in [1.165, 1.54) is 0 Å². The summed E-state index contributed by atoms with van der Waals surface area (Å²) in [5.74, 6) is 0.475. The molecule has 0 aliphatic rings. The second kappa shape index (κ2) is 7.81. The zero-order chi connectivity index (χ0) is 17.0. The van der Waals surface area contributed by atoms with Crippen LogP contribution in [0.1, 0.15) is 36.4 Å². The molecule has 0 saturated heterocycles. The highest BCUT2D eigenvalue weighted by atomic mass is 32.2. The molecular formula is C18H23N2O2S-. The SMILES string of the molecule is Cc1nc(CC(C)C)cc(-c2ccc(CN)cc2)c1CS(=O)[O-]. The van der Waals surface area contributed by atoms with Crippen LogP contribution < -0.4 is 5.73 Å². The molecule has 0 spiro atoms. The number of rotatable bonds is 6. The summed E-state index contributed by atoms with van der Waals surface area (Å²) in [6, 6.07) is 9.96. The van der Waals surface area contributed by atoms with Crippen molar-refractivity contribution in [3.63, 3.8) is 0 Å². The average molecular weight is 331 g/mol. The van der Waals surface area contributed by atoms with Gasteiger partial charge in [-0.05, 0) is 47.6 Å². The van der Waals surface area contributed by atoms with Crippen LogP contribution in [-0.4, -0.2) is 13.7 Å². The molecule has 4 nitrogen and oxygen atoms in total. The van der Waals surface area contributed by atoms with E-state index in [-0.39, 0.29) is 5.75 Å². The molecule has 2 N–H and O–H groups in total. The van der Waals surface area contributed by atoms with Crippen molar-refractivity contribution >= 4 is 11.1 Å². The van der Waals surface area contributed by atoms with Crippen molar-refractivity contribution in [3.05, 3.63) is 52.8 Å². The van der Waals surface area contributed by atoms with Crippen molar-refractivity contribution in [3.8, 4) is 11.1 Å². The number of nitrogens with two attached hydrogens (primary N) is 1. The Morgan fingerprint density at radius 1 is 1.26 bits per heavy atom. The number of hydrogen-bond donors (Lipinski definition) is 1. The molecule has 0 aliphatic carbocycles. The normalized spacial score (nSPS) is 12.6. The lowest BCUT2D eigenvalue weighted by atomic mass is 9.96. The van der Waals surface area contributed by atoms with Crippen LogP contribution in [0.5, 0.6) is 0 Å².